The molecule has 2 heterocycles. The van der Waals surface area contributed by atoms with E-state index in [1.807, 2.05) is 0 Å². The predicted molar refractivity (Wildman–Crippen MR) is 114 cm³/mol. The van der Waals surface area contributed by atoms with E-state index in [1.165, 1.54) is 18.2 Å². The van der Waals surface area contributed by atoms with Crippen molar-refractivity contribution in [3.8, 4) is 28.5 Å². The predicted octanol–water partition coefficient (Wildman–Crippen LogP) is 5.91. The zero-order valence-electron chi connectivity index (χ0n) is 18.2. The first-order valence-corrected chi connectivity index (χ1v) is 11.2. The number of fused-ring (bicyclic) bond motifs is 1. The van der Waals surface area contributed by atoms with E-state index >= 15 is 0 Å². The van der Waals surface area contributed by atoms with E-state index in [4.69, 9.17) is 18.9 Å². The highest BCUT2D eigenvalue weighted by Gasteiger charge is 2.38. The van der Waals surface area contributed by atoms with Gasteiger partial charge in [0.15, 0.2) is 28.9 Å². The molecule has 0 radical (unpaired) electrons. The summed E-state index contributed by atoms with van der Waals surface area (Å²) in [4.78, 5) is 10.4. The molecule has 2 aromatic carbocycles. The third kappa shape index (κ3) is 5.47. The highest BCUT2D eigenvalue weighted by molar-refractivity contribution is 7.06. The number of halogens is 5. The summed E-state index contributed by atoms with van der Waals surface area (Å²) in [6.45, 7) is 1.01. The molecular formula is C23H18F5NO5S. The molecule has 0 atom stereocenters. The van der Waals surface area contributed by atoms with Crippen molar-refractivity contribution in [2.75, 3.05) is 13.4 Å². The Kier molecular flexibility index (Phi) is 7.10. The molecule has 0 aliphatic carbocycles. The van der Waals surface area contributed by atoms with Crippen molar-refractivity contribution < 1.29 is 45.7 Å². The second kappa shape index (κ2) is 10.1. The van der Waals surface area contributed by atoms with E-state index in [9.17, 15) is 26.7 Å². The van der Waals surface area contributed by atoms with Gasteiger partial charge in [-0.25, -0.2) is 8.78 Å². The van der Waals surface area contributed by atoms with Crippen molar-refractivity contribution in [2.45, 2.75) is 32.5 Å². The molecule has 0 N–H and O–H groups in total. The minimum atomic E-state index is -4.75. The second-order valence-corrected chi connectivity index (χ2v) is 8.16. The lowest BCUT2D eigenvalue weighted by Crippen LogP contribution is -2.10. The Hall–Kier alpha value is -3.41. The lowest BCUT2D eigenvalue weighted by molar-refractivity contribution is -0.143. The van der Waals surface area contributed by atoms with Gasteiger partial charge in [-0.1, -0.05) is 0 Å². The lowest BCUT2D eigenvalue weighted by atomic mass is 10.1. The third-order valence-electron chi connectivity index (χ3n) is 5.03. The van der Waals surface area contributed by atoms with Crippen LogP contribution in [0.2, 0.25) is 0 Å². The summed E-state index contributed by atoms with van der Waals surface area (Å²) in [5.74, 6) is -2.79. The van der Waals surface area contributed by atoms with Crippen molar-refractivity contribution >= 4 is 17.5 Å². The van der Waals surface area contributed by atoms with Gasteiger partial charge in [0.1, 0.15) is 11.5 Å². The van der Waals surface area contributed by atoms with Crippen molar-refractivity contribution in [2.24, 2.45) is 0 Å². The summed E-state index contributed by atoms with van der Waals surface area (Å²) < 4.78 is 94.4. The SMILES string of the molecule is CCOC(=O)CCc1cc(F)c(OCc2c(-c3ccc4c(c3)OCO4)nsc2C(F)(F)F)c(F)c1. The highest BCUT2D eigenvalue weighted by Crippen LogP contribution is 2.42. The molecule has 0 saturated carbocycles. The van der Waals surface area contributed by atoms with E-state index in [-0.39, 0.29) is 54.6 Å². The van der Waals surface area contributed by atoms with Gasteiger partial charge in [-0.2, -0.15) is 17.5 Å². The van der Waals surface area contributed by atoms with Crippen LogP contribution in [0.5, 0.6) is 17.2 Å². The Morgan fingerprint density at radius 2 is 1.83 bits per heavy atom. The summed E-state index contributed by atoms with van der Waals surface area (Å²) in [7, 11) is 0. The monoisotopic (exact) mass is 515 g/mol. The summed E-state index contributed by atoms with van der Waals surface area (Å²) in [6.07, 6.45) is -4.81. The maximum Gasteiger partial charge on any atom is 0.427 e. The number of carbonyl (C=O) groups excluding carboxylic acids is 1. The van der Waals surface area contributed by atoms with Crippen LogP contribution in [-0.2, 0) is 28.7 Å². The van der Waals surface area contributed by atoms with Gasteiger partial charge in [0.05, 0.1) is 12.3 Å². The van der Waals surface area contributed by atoms with Gasteiger partial charge in [0.25, 0.3) is 0 Å². The van der Waals surface area contributed by atoms with Gasteiger partial charge in [-0.05, 0) is 60.8 Å². The van der Waals surface area contributed by atoms with Crippen LogP contribution in [0.25, 0.3) is 11.3 Å². The topological polar surface area (TPSA) is 66.9 Å². The standard InChI is InChI=1S/C23H18F5NO5S/c1-2-31-19(30)6-3-12-7-15(24)21(16(25)8-12)32-10-14-20(29-35-22(14)23(26,27)28)13-4-5-17-18(9-13)34-11-33-17/h4-5,7-9H,2-3,6,10-11H2,1H3. The van der Waals surface area contributed by atoms with Crippen molar-refractivity contribution in [3.63, 3.8) is 0 Å². The number of rotatable bonds is 8. The first-order valence-electron chi connectivity index (χ1n) is 10.4. The molecule has 6 nitrogen and oxygen atoms in total. The molecule has 12 heteroatoms. The Morgan fingerprint density at radius 3 is 2.51 bits per heavy atom. The average Bonchev–Trinajstić information content (AvgIpc) is 3.43. The molecular weight excluding hydrogens is 497 g/mol. The number of hydrogen-bond donors (Lipinski definition) is 0. The largest absolute Gasteiger partial charge is 0.483 e. The zero-order valence-corrected chi connectivity index (χ0v) is 19.0. The Labute approximate surface area is 200 Å². The fraction of sp³-hybridized carbons (Fsp3) is 0.304. The molecule has 1 aliphatic rings. The molecule has 1 aliphatic heterocycles. The number of benzene rings is 2. The first kappa shape index (κ1) is 24.7. The van der Waals surface area contributed by atoms with Gasteiger partial charge < -0.3 is 18.9 Å². The molecule has 0 spiro atoms. The maximum absolute atomic E-state index is 14.6. The number of aromatic nitrogens is 1. The number of alkyl halides is 3. The fourth-order valence-electron chi connectivity index (χ4n) is 3.46. The zero-order chi connectivity index (χ0) is 25.2. The molecule has 35 heavy (non-hydrogen) atoms. The number of carbonyl (C=O) groups is 1. The quantitative estimate of drug-likeness (QED) is 0.275. The third-order valence-corrected chi connectivity index (χ3v) is 5.97. The number of aryl methyl sites for hydroxylation is 1. The highest BCUT2D eigenvalue weighted by atomic mass is 32.1. The Balaban J connectivity index is 1.58. The molecule has 0 unspecified atom stereocenters. The number of nitrogens with zero attached hydrogens (tertiary/aromatic N) is 1. The van der Waals surface area contributed by atoms with Crippen LogP contribution >= 0.6 is 11.5 Å². The molecule has 0 bridgehead atoms. The number of esters is 1. The van der Waals surface area contributed by atoms with Crippen LogP contribution < -0.4 is 14.2 Å². The molecule has 186 valence electrons. The van der Waals surface area contributed by atoms with Gasteiger partial charge in [0.2, 0.25) is 6.79 Å². The Morgan fingerprint density at radius 1 is 1.11 bits per heavy atom. The molecule has 1 aromatic heterocycles. The van der Waals surface area contributed by atoms with Crippen LogP contribution in [0.15, 0.2) is 30.3 Å². The van der Waals surface area contributed by atoms with Crippen LogP contribution in [-0.4, -0.2) is 23.7 Å². The van der Waals surface area contributed by atoms with Gasteiger partial charge in [-0.15, -0.1) is 0 Å². The summed E-state index contributed by atoms with van der Waals surface area (Å²) in [5, 5.41) is 0. The van der Waals surface area contributed by atoms with Crippen LogP contribution in [0.1, 0.15) is 29.3 Å². The van der Waals surface area contributed by atoms with Crippen LogP contribution in [0.4, 0.5) is 22.0 Å². The van der Waals surface area contributed by atoms with Crippen LogP contribution in [0.3, 0.4) is 0 Å². The Bertz CT molecular complexity index is 1220. The van der Waals surface area contributed by atoms with E-state index in [0.717, 1.165) is 12.1 Å². The van der Waals surface area contributed by atoms with Crippen molar-refractivity contribution in [1.82, 2.24) is 4.37 Å². The van der Waals surface area contributed by atoms with E-state index in [0.29, 0.717) is 17.1 Å². The fourth-order valence-corrected chi connectivity index (χ4v) is 4.22. The summed E-state index contributed by atoms with van der Waals surface area (Å²) in [6, 6.07) is 6.44. The van der Waals surface area contributed by atoms with Gasteiger partial charge in [-0.3, -0.25) is 4.79 Å². The first-order chi connectivity index (χ1) is 16.7. The average molecular weight is 515 g/mol. The number of ether oxygens (including phenoxy) is 4. The maximum atomic E-state index is 14.6. The molecule has 3 aromatic rings. The summed E-state index contributed by atoms with van der Waals surface area (Å²) in [5.41, 5.74) is 0.0588. The van der Waals surface area contributed by atoms with E-state index < -0.39 is 41.0 Å². The second-order valence-electron chi connectivity index (χ2n) is 7.39. The molecule has 4 rings (SSSR count). The molecule has 0 amide bonds. The van der Waals surface area contributed by atoms with E-state index in [1.54, 1.807) is 6.92 Å². The van der Waals surface area contributed by atoms with Gasteiger partial charge >= 0.3 is 12.1 Å². The minimum absolute atomic E-state index is 0.0199. The van der Waals surface area contributed by atoms with Crippen molar-refractivity contribution in [1.29, 1.82) is 0 Å². The van der Waals surface area contributed by atoms with E-state index in [2.05, 4.69) is 4.37 Å². The normalized spacial score (nSPS) is 12.6. The number of hydrogen-bond acceptors (Lipinski definition) is 7. The minimum Gasteiger partial charge on any atom is -0.483 e. The van der Waals surface area contributed by atoms with Gasteiger partial charge in [0, 0.05) is 17.5 Å². The molecule has 0 fully saturated rings. The van der Waals surface area contributed by atoms with Crippen molar-refractivity contribution in [3.05, 3.63) is 58.0 Å². The smallest absolute Gasteiger partial charge is 0.427 e. The molecule has 0 saturated heterocycles. The van der Waals surface area contributed by atoms with Crippen LogP contribution in [0, 0.1) is 11.6 Å². The summed E-state index contributed by atoms with van der Waals surface area (Å²) >= 11 is 0.212. The lowest BCUT2D eigenvalue weighted by Gasteiger charge is -2.13.